The summed E-state index contributed by atoms with van der Waals surface area (Å²) in [4.78, 5) is 17.2. The van der Waals surface area contributed by atoms with Crippen LogP contribution < -0.4 is 10.6 Å². The number of hydrogen-bond acceptors (Lipinski definition) is 4. The van der Waals surface area contributed by atoms with Crippen LogP contribution in [-0.4, -0.2) is 49.1 Å². The van der Waals surface area contributed by atoms with Gasteiger partial charge in [-0.05, 0) is 32.9 Å². The first-order valence-electron chi connectivity index (χ1n) is 7.36. The predicted molar refractivity (Wildman–Crippen MR) is 84.3 cm³/mol. The molecule has 1 aromatic heterocycles. The zero-order valence-electron chi connectivity index (χ0n) is 12.6. The highest BCUT2D eigenvalue weighted by atomic mass is 32.1. The maximum Gasteiger partial charge on any atom is 0.237 e. The van der Waals surface area contributed by atoms with Gasteiger partial charge in [-0.25, -0.2) is 0 Å². The van der Waals surface area contributed by atoms with Crippen LogP contribution in [0.3, 0.4) is 0 Å². The average Bonchev–Trinajstić information content (AvgIpc) is 2.84. The zero-order valence-corrected chi connectivity index (χ0v) is 13.4. The van der Waals surface area contributed by atoms with E-state index in [4.69, 9.17) is 0 Å². The fraction of sp³-hybridized carbons (Fsp3) is 0.667. The number of carbonyl (C=O) groups is 1. The third-order valence-corrected chi connectivity index (χ3v) is 4.79. The minimum atomic E-state index is -0.0374. The summed E-state index contributed by atoms with van der Waals surface area (Å²) in [7, 11) is 0. The second-order valence-electron chi connectivity index (χ2n) is 5.59. The average molecular weight is 295 g/mol. The Kier molecular flexibility index (Phi) is 5.57. The first kappa shape index (κ1) is 15.5. The first-order valence-corrected chi connectivity index (χ1v) is 8.18. The van der Waals surface area contributed by atoms with E-state index in [9.17, 15) is 4.79 Å². The lowest BCUT2D eigenvalue weighted by molar-refractivity contribution is -0.126. The van der Waals surface area contributed by atoms with Crippen molar-refractivity contribution in [3.05, 3.63) is 21.9 Å². The van der Waals surface area contributed by atoms with Gasteiger partial charge in [0.25, 0.3) is 0 Å². The molecule has 0 spiro atoms. The van der Waals surface area contributed by atoms with Gasteiger partial charge >= 0.3 is 0 Å². The zero-order chi connectivity index (χ0) is 14.5. The van der Waals surface area contributed by atoms with Crippen LogP contribution in [0.5, 0.6) is 0 Å². The van der Waals surface area contributed by atoms with Crippen molar-refractivity contribution in [2.24, 2.45) is 0 Å². The van der Waals surface area contributed by atoms with E-state index in [2.05, 4.69) is 41.5 Å². The summed E-state index contributed by atoms with van der Waals surface area (Å²) in [5, 5.41) is 6.45. The molecule has 0 aromatic carbocycles. The number of carbonyl (C=O) groups excluding carboxylic acids is 1. The van der Waals surface area contributed by atoms with Gasteiger partial charge < -0.3 is 10.6 Å². The molecule has 2 atom stereocenters. The lowest BCUT2D eigenvalue weighted by Crippen LogP contribution is -2.53. The van der Waals surface area contributed by atoms with Crippen LogP contribution >= 0.6 is 11.3 Å². The largest absolute Gasteiger partial charge is 0.352 e. The highest BCUT2D eigenvalue weighted by Crippen LogP contribution is 2.16. The number of amides is 1. The predicted octanol–water partition coefficient (Wildman–Crippen LogP) is 1.40. The van der Waals surface area contributed by atoms with Crippen LogP contribution in [0.2, 0.25) is 0 Å². The Morgan fingerprint density at radius 3 is 2.70 bits per heavy atom. The smallest absolute Gasteiger partial charge is 0.237 e. The van der Waals surface area contributed by atoms with E-state index in [-0.39, 0.29) is 18.0 Å². The summed E-state index contributed by atoms with van der Waals surface area (Å²) in [5.41, 5.74) is 0. The van der Waals surface area contributed by atoms with Gasteiger partial charge in [0.15, 0.2) is 0 Å². The molecular formula is C15H25N3OS. The Labute approximate surface area is 125 Å². The Morgan fingerprint density at radius 1 is 1.40 bits per heavy atom. The van der Waals surface area contributed by atoms with E-state index in [0.717, 1.165) is 32.6 Å². The van der Waals surface area contributed by atoms with Gasteiger partial charge in [-0.1, -0.05) is 0 Å². The second-order valence-corrected chi connectivity index (χ2v) is 6.96. The minimum absolute atomic E-state index is 0.0374. The molecule has 0 bridgehead atoms. The number of rotatable bonds is 5. The van der Waals surface area contributed by atoms with Gasteiger partial charge in [0.05, 0.1) is 6.04 Å². The minimum Gasteiger partial charge on any atom is -0.352 e. The van der Waals surface area contributed by atoms with Crippen molar-refractivity contribution in [2.45, 2.75) is 39.3 Å². The SMILES string of the molecule is Cc1ccc(CC(C)NC(=O)C(C)N2CCNCC2)s1. The molecule has 1 aliphatic heterocycles. The van der Waals surface area contributed by atoms with Crippen LogP contribution in [0.25, 0.3) is 0 Å². The number of piperazine rings is 1. The van der Waals surface area contributed by atoms with Gasteiger partial charge in [-0.3, -0.25) is 9.69 Å². The normalized spacial score (nSPS) is 19.6. The number of aryl methyl sites for hydroxylation is 1. The van der Waals surface area contributed by atoms with Gasteiger partial charge in [-0.15, -0.1) is 11.3 Å². The monoisotopic (exact) mass is 295 g/mol. The summed E-state index contributed by atoms with van der Waals surface area (Å²) in [6, 6.07) is 4.44. The lowest BCUT2D eigenvalue weighted by atomic mass is 10.1. The molecule has 2 unspecified atom stereocenters. The first-order chi connectivity index (χ1) is 9.56. The molecule has 5 heteroatoms. The lowest BCUT2D eigenvalue weighted by Gasteiger charge is -2.32. The van der Waals surface area contributed by atoms with Crippen molar-refractivity contribution in [1.29, 1.82) is 0 Å². The van der Waals surface area contributed by atoms with Gasteiger partial charge in [0, 0.05) is 48.4 Å². The molecule has 0 radical (unpaired) electrons. The fourth-order valence-corrected chi connectivity index (χ4v) is 3.57. The fourth-order valence-electron chi connectivity index (χ4n) is 2.55. The molecule has 0 saturated carbocycles. The quantitative estimate of drug-likeness (QED) is 0.863. The molecule has 112 valence electrons. The summed E-state index contributed by atoms with van der Waals surface area (Å²) in [5.74, 6) is 0.146. The van der Waals surface area contributed by atoms with Gasteiger partial charge in [0.1, 0.15) is 0 Å². The molecule has 1 fully saturated rings. The van der Waals surface area contributed by atoms with Crippen LogP contribution in [0.15, 0.2) is 12.1 Å². The summed E-state index contributed by atoms with van der Waals surface area (Å²) < 4.78 is 0. The van der Waals surface area contributed by atoms with E-state index in [1.165, 1.54) is 9.75 Å². The molecular weight excluding hydrogens is 270 g/mol. The molecule has 1 aromatic rings. The maximum absolute atomic E-state index is 12.3. The third kappa shape index (κ3) is 4.30. The Balaban J connectivity index is 1.80. The van der Waals surface area contributed by atoms with Crippen molar-refractivity contribution in [2.75, 3.05) is 26.2 Å². The second kappa shape index (κ2) is 7.20. The van der Waals surface area contributed by atoms with Crippen LogP contribution in [0, 0.1) is 6.92 Å². The molecule has 1 aliphatic rings. The van der Waals surface area contributed by atoms with E-state index < -0.39 is 0 Å². The van der Waals surface area contributed by atoms with Crippen molar-refractivity contribution < 1.29 is 4.79 Å². The number of thiophene rings is 1. The van der Waals surface area contributed by atoms with E-state index >= 15 is 0 Å². The number of hydrogen-bond donors (Lipinski definition) is 2. The molecule has 20 heavy (non-hydrogen) atoms. The van der Waals surface area contributed by atoms with Gasteiger partial charge in [-0.2, -0.15) is 0 Å². The van der Waals surface area contributed by atoms with E-state index in [1.54, 1.807) is 0 Å². The van der Waals surface area contributed by atoms with Crippen molar-refractivity contribution in [1.82, 2.24) is 15.5 Å². The highest BCUT2D eigenvalue weighted by Gasteiger charge is 2.23. The summed E-state index contributed by atoms with van der Waals surface area (Å²) >= 11 is 1.81. The van der Waals surface area contributed by atoms with E-state index in [1.807, 2.05) is 18.3 Å². The molecule has 1 saturated heterocycles. The van der Waals surface area contributed by atoms with Crippen LogP contribution in [-0.2, 0) is 11.2 Å². The highest BCUT2D eigenvalue weighted by molar-refractivity contribution is 7.11. The topological polar surface area (TPSA) is 44.4 Å². The molecule has 2 heterocycles. The van der Waals surface area contributed by atoms with Crippen molar-refractivity contribution in [3.8, 4) is 0 Å². The summed E-state index contributed by atoms with van der Waals surface area (Å²) in [6.45, 7) is 10.0. The van der Waals surface area contributed by atoms with E-state index in [0.29, 0.717) is 0 Å². The Bertz CT molecular complexity index is 440. The Morgan fingerprint density at radius 2 is 2.10 bits per heavy atom. The van der Waals surface area contributed by atoms with Crippen LogP contribution in [0.1, 0.15) is 23.6 Å². The van der Waals surface area contributed by atoms with Crippen molar-refractivity contribution in [3.63, 3.8) is 0 Å². The molecule has 1 amide bonds. The molecule has 4 nitrogen and oxygen atoms in total. The maximum atomic E-state index is 12.3. The standard InChI is InChI=1S/C15H25N3OS/c1-11(10-14-5-4-12(2)20-14)17-15(19)13(3)18-8-6-16-7-9-18/h4-5,11,13,16H,6-10H2,1-3H3,(H,17,19). The summed E-state index contributed by atoms with van der Waals surface area (Å²) in [6.07, 6.45) is 0.915. The van der Waals surface area contributed by atoms with Crippen molar-refractivity contribution >= 4 is 17.2 Å². The Hall–Kier alpha value is -0.910. The number of nitrogens with zero attached hydrogens (tertiary/aromatic N) is 1. The third-order valence-electron chi connectivity index (χ3n) is 3.77. The van der Waals surface area contributed by atoms with Crippen LogP contribution in [0.4, 0.5) is 0 Å². The molecule has 2 rings (SSSR count). The van der Waals surface area contributed by atoms with Gasteiger partial charge in [0.2, 0.25) is 5.91 Å². The number of nitrogens with one attached hydrogen (secondary N) is 2. The molecule has 0 aliphatic carbocycles. The molecule has 2 N–H and O–H groups in total.